The molecule has 0 amide bonds. The van der Waals surface area contributed by atoms with Crippen molar-refractivity contribution in [2.24, 2.45) is 29.6 Å². The van der Waals surface area contributed by atoms with Crippen LogP contribution in [0.15, 0.2) is 30.3 Å². The first kappa shape index (κ1) is 21.6. The van der Waals surface area contributed by atoms with Crippen LogP contribution >= 0.6 is 8.25 Å². The van der Waals surface area contributed by atoms with Gasteiger partial charge in [-0.05, 0) is 0 Å². The molecule has 0 unspecified atom stereocenters. The first-order valence-electron chi connectivity index (χ1n) is 10.7. The zero-order valence-corrected chi connectivity index (χ0v) is 24.0. The molecule has 0 heterocycles. The Labute approximate surface area is 185 Å². The molecule has 3 aliphatic carbocycles. The predicted molar refractivity (Wildman–Crippen MR) is 108 cm³/mol. The molecule has 0 spiro atoms. The van der Waals surface area contributed by atoms with Gasteiger partial charge in [-0.3, -0.25) is 0 Å². The van der Waals surface area contributed by atoms with Gasteiger partial charge in [-0.1, -0.05) is 0 Å². The molecule has 0 aliphatic heterocycles. The fourth-order valence-corrected chi connectivity index (χ4v) is 16.1. The van der Waals surface area contributed by atoms with Crippen molar-refractivity contribution in [3.05, 3.63) is 35.9 Å². The summed E-state index contributed by atoms with van der Waals surface area (Å²) >= 11 is -1.51. The zero-order chi connectivity index (χ0) is 20.3. The number of hydrogen-bond acceptors (Lipinski definition) is 3. The molecule has 28 heavy (non-hydrogen) atoms. The van der Waals surface area contributed by atoms with Crippen LogP contribution in [0, 0.1) is 29.6 Å². The van der Waals surface area contributed by atoms with Crippen LogP contribution in [0.1, 0.15) is 46.6 Å². The van der Waals surface area contributed by atoms with Crippen molar-refractivity contribution >= 4 is 8.25 Å². The van der Waals surface area contributed by atoms with Crippen LogP contribution in [0.2, 0.25) is 3.43 Å². The normalized spacial score (nSPS) is 39.4. The Hall–Kier alpha value is 0.325. The van der Waals surface area contributed by atoms with Gasteiger partial charge in [-0.25, -0.2) is 0 Å². The summed E-state index contributed by atoms with van der Waals surface area (Å²) in [5.41, 5.74) is 0.350. The first-order valence-corrected chi connectivity index (χ1v) is 20.7. The van der Waals surface area contributed by atoms with E-state index in [1.165, 1.54) is 5.56 Å². The van der Waals surface area contributed by atoms with Gasteiger partial charge in [0.05, 0.1) is 0 Å². The van der Waals surface area contributed by atoms with Gasteiger partial charge in [0.15, 0.2) is 0 Å². The second-order valence-electron chi connectivity index (χ2n) is 10.7. The van der Waals surface area contributed by atoms with Crippen molar-refractivity contribution in [2.45, 2.75) is 74.5 Å². The summed E-state index contributed by atoms with van der Waals surface area (Å²) in [5, 5.41) is 11.0. The molecule has 1 aromatic rings. The fraction of sp³-hybridized carbons (Fsp3) is 0.739. The van der Waals surface area contributed by atoms with Gasteiger partial charge in [0, 0.05) is 0 Å². The summed E-state index contributed by atoms with van der Waals surface area (Å²) in [4.78, 5) is 0. The molecule has 3 nitrogen and oxygen atoms in total. The Morgan fingerprint density at radius 1 is 1.04 bits per heavy atom. The number of fused-ring (bicyclic) bond motifs is 1. The van der Waals surface area contributed by atoms with E-state index in [4.69, 9.17) is 17.7 Å². The SMILES string of the molecule is CC(C)(C)O[C@@H]1[C@H]2[C@@H](OCc3ccccc3)[C@H]3[C@@H]1[C@H](C[C@@H]3C(C)(C)O)[C@H]2[Hg][Cl]. The first-order chi connectivity index (χ1) is 13.1. The van der Waals surface area contributed by atoms with Crippen molar-refractivity contribution in [3.8, 4) is 0 Å². The Morgan fingerprint density at radius 2 is 1.71 bits per heavy atom. The number of halogens is 1. The van der Waals surface area contributed by atoms with Crippen molar-refractivity contribution in [3.63, 3.8) is 0 Å². The Kier molecular flexibility index (Phi) is 5.99. The van der Waals surface area contributed by atoms with E-state index in [0.717, 1.165) is 6.42 Å². The maximum absolute atomic E-state index is 11.0. The predicted octanol–water partition coefficient (Wildman–Crippen LogP) is 5.06. The van der Waals surface area contributed by atoms with Crippen LogP contribution in [-0.4, -0.2) is 28.5 Å². The van der Waals surface area contributed by atoms with Gasteiger partial charge in [-0.15, -0.1) is 0 Å². The van der Waals surface area contributed by atoms with Crippen molar-refractivity contribution in [2.75, 3.05) is 0 Å². The monoisotopic (exact) mass is 594 g/mol. The van der Waals surface area contributed by atoms with Gasteiger partial charge in [0.1, 0.15) is 0 Å². The molecule has 4 rings (SSSR count). The van der Waals surface area contributed by atoms with E-state index in [-0.39, 0.29) is 23.7 Å². The second-order valence-corrected chi connectivity index (χ2v) is 18.2. The van der Waals surface area contributed by atoms with E-state index in [0.29, 0.717) is 33.7 Å². The molecule has 0 radical (unpaired) electrons. The standard InChI is InChI=1S/C23H33O3.ClH.Hg/c1-22(2,3)26-21-16-11-15-12-17(23(4,5)24)19(18(15)21)20(16)25-13-14-9-7-6-8-10-14;;/h6-11,15-21,24H,12-13H2,1-5H3;1H;/q;;+1/p-1/t15-,16+,17-,18-,19+,20+,21+;;/m0../s1. The van der Waals surface area contributed by atoms with Gasteiger partial charge in [0.25, 0.3) is 0 Å². The summed E-state index contributed by atoms with van der Waals surface area (Å²) in [6.45, 7) is 11.0. The van der Waals surface area contributed by atoms with Crippen LogP contribution in [0.4, 0.5) is 0 Å². The van der Waals surface area contributed by atoms with E-state index >= 15 is 0 Å². The third-order valence-corrected chi connectivity index (χ3v) is 16.3. The third-order valence-electron chi connectivity index (χ3n) is 7.35. The molecular formula is C23H33ClHgO3. The Morgan fingerprint density at radius 3 is 2.29 bits per heavy atom. The van der Waals surface area contributed by atoms with Crippen LogP contribution < -0.4 is 0 Å². The summed E-state index contributed by atoms with van der Waals surface area (Å²) in [5.74, 6) is 2.18. The average Bonchev–Trinajstić information content (AvgIpc) is 3.17. The van der Waals surface area contributed by atoms with E-state index < -0.39 is 28.9 Å². The van der Waals surface area contributed by atoms with Crippen LogP contribution in [0.5, 0.6) is 0 Å². The Balaban J connectivity index is 1.65. The number of rotatable bonds is 6. The molecule has 3 fully saturated rings. The van der Waals surface area contributed by atoms with Gasteiger partial charge >= 0.3 is 186 Å². The molecule has 5 heteroatoms. The zero-order valence-electron chi connectivity index (χ0n) is 17.8. The van der Waals surface area contributed by atoms with Crippen LogP contribution in [0.25, 0.3) is 0 Å². The van der Waals surface area contributed by atoms with Crippen LogP contribution in [0.3, 0.4) is 0 Å². The molecule has 1 N–H and O–H groups in total. The molecule has 1 aromatic carbocycles. The van der Waals surface area contributed by atoms with E-state index in [1.807, 2.05) is 19.9 Å². The van der Waals surface area contributed by atoms with Gasteiger partial charge < -0.3 is 0 Å². The topological polar surface area (TPSA) is 38.7 Å². The number of benzene rings is 1. The van der Waals surface area contributed by atoms with Crippen LogP contribution in [-0.2, 0) is 39.4 Å². The third kappa shape index (κ3) is 3.84. The van der Waals surface area contributed by atoms with E-state index in [9.17, 15) is 5.11 Å². The molecule has 8 atom stereocenters. The van der Waals surface area contributed by atoms with Crippen molar-refractivity contribution in [1.29, 1.82) is 0 Å². The molecular weight excluding hydrogens is 560 g/mol. The second kappa shape index (κ2) is 7.78. The average molecular weight is 594 g/mol. The quantitative estimate of drug-likeness (QED) is 0.469. The molecule has 152 valence electrons. The minimum atomic E-state index is -1.51. The van der Waals surface area contributed by atoms with Gasteiger partial charge in [-0.2, -0.15) is 0 Å². The fourth-order valence-electron chi connectivity index (χ4n) is 6.54. The van der Waals surface area contributed by atoms with Gasteiger partial charge in [0.2, 0.25) is 0 Å². The number of aliphatic hydroxyl groups is 1. The molecule has 3 aliphatic rings. The number of ether oxygens (including phenoxy) is 2. The summed E-state index contributed by atoms with van der Waals surface area (Å²) in [6, 6.07) is 10.4. The maximum atomic E-state index is 11.0. The summed E-state index contributed by atoms with van der Waals surface area (Å²) < 4.78 is 13.9. The minimum absolute atomic E-state index is 0.150. The van der Waals surface area contributed by atoms with Crippen molar-refractivity contribution < 1.29 is 37.9 Å². The van der Waals surface area contributed by atoms with E-state index in [2.05, 4.69) is 45.0 Å². The van der Waals surface area contributed by atoms with E-state index in [1.54, 1.807) is 0 Å². The molecule has 3 saturated carbocycles. The molecule has 0 aromatic heterocycles. The summed E-state index contributed by atoms with van der Waals surface area (Å²) in [6.07, 6.45) is 1.46. The summed E-state index contributed by atoms with van der Waals surface area (Å²) in [7, 11) is 6.72. The Bertz CT molecular complexity index is 683. The molecule has 0 saturated heterocycles. The molecule has 2 bridgehead atoms. The van der Waals surface area contributed by atoms with Crippen molar-refractivity contribution in [1.82, 2.24) is 0 Å². The number of hydrogen-bond donors (Lipinski definition) is 1.